The molecule has 1 aromatic carbocycles. The van der Waals surface area contributed by atoms with Gasteiger partial charge in [0.15, 0.2) is 11.5 Å². The van der Waals surface area contributed by atoms with E-state index in [2.05, 4.69) is 0 Å². The first-order chi connectivity index (χ1) is 7.58. The van der Waals surface area contributed by atoms with Gasteiger partial charge in [0, 0.05) is 5.92 Å². The second kappa shape index (κ2) is 5.54. The minimum atomic E-state index is 0.0399. The summed E-state index contributed by atoms with van der Waals surface area (Å²) in [5.41, 5.74) is 1.08. The van der Waals surface area contributed by atoms with E-state index < -0.39 is 0 Å². The van der Waals surface area contributed by atoms with Crippen molar-refractivity contribution >= 4 is 5.78 Å². The molecule has 1 rings (SSSR count). The van der Waals surface area contributed by atoms with E-state index in [0.717, 1.165) is 12.0 Å². The van der Waals surface area contributed by atoms with E-state index in [1.165, 1.54) is 0 Å². The highest BCUT2D eigenvalue weighted by Crippen LogP contribution is 2.28. The SMILES string of the molecule is COc1ccc(C[C@H](C)C(C)=O)cc1OC. The summed E-state index contributed by atoms with van der Waals surface area (Å²) in [5.74, 6) is 1.66. The third-order valence-corrected chi connectivity index (χ3v) is 2.68. The van der Waals surface area contributed by atoms with Gasteiger partial charge in [0.25, 0.3) is 0 Å². The van der Waals surface area contributed by atoms with Gasteiger partial charge in [-0.2, -0.15) is 0 Å². The molecule has 1 atom stereocenters. The molecule has 0 bridgehead atoms. The van der Waals surface area contributed by atoms with Crippen molar-refractivity contribution in [2.75, 3.05) is 14.2 Å². The molecule has 88 valence electrons. The Kier molecular flexibility index (Phi) is 4.35. The molecule has 0 aliphatic rings. The van der Waals surface area contributed by atoms with Gasteiger partial charge in [-0.1, -0.05) is 13.0 Å². The van der Waals surface area contributed by atoms with E-state index in [9.17, 15) is 4.79 Å². The van der Waals surface area contributed by atoms with Gasteiger partial charge in [-0.15, -0.1) is 0 Å². The van der Waals surface area contributed by atoms with Gasteiger partial charge in [-0.25, -0.2) is 0 Å². The van der Waals surface area contributed by atoms with Crippen molar-refractivity contribution in [2.45, 2.75) is 20.3 Å². The van der Waals surface area contributed by atoms with Crippen LogP contribution in [0.2, 0.25) is 0 Å². The van der Waals surface area contributed by atoms with Crippen molar-refractivity contribution in [3.05, 3.63) is 23.8 Å². The van der Waals surface area contributed by atoms with E-state index in [1.54, 1.807) is 21.1 Å². The van der Waals surface area contributed by atoms with Crippen LogP contribution in [0, 0.1) is 5.92 Å². The molecule has 16 heavy (non-hydrogen) atoms. The van der Waals surface area contributed by atoms with Crippen LogP contribution in [0.25, 0.3) is 0 Å². The first-order valence-electron chi connectivity index (χ1n) is 5.29. The number of benzene rings is 1. The van der Waals surface area contributed by atoms with Crippen LogP contribution in [0.1, 0.15) is 19.4 Å². The van der Waals surface area contributed by atoms with Crippen molar-refractivity contribution in [3.8, 4) is 11.5 Å². The summed E-state index contributed by atoms with van der Waals surface area (Å²) in [5, 5.41) is 0. The molecule has 0 heterocycles. The monoisotopic (exact) mass is 222 g/mol. The highest BCUT2D eigenvalue weighted by molar-refractivity contribution is 5.78. The van der Waals surface area contributed by atoms with E-state index in [-0.39, 0.29) is 11.7 Å². The summed E-state index contributed by atoms with van der Waals surface area (Å²) in [6.07, 6.45) is 0.732. The highest BCUT2D eigenvalue weighted by atomic mass is 16.5. The highest BCUT2D eigenvalue weighted by Gasteiger charge is 2.10. The van der Waals surface area contributed by atoms with Crippen molar-refractivity contribution < 1.29 is 14.3 Å². The first kappa shape index (κ1) is 12.6. The normalized spacial score (nSPS) is 12.0. The number of hydrogen-bond donors (Lipinski definition) is 0. The van der Waals surface area contributed by atoms with Crippen LogP contribution in [0.3, 0.4) is 0 Å². The van der Waals surface area contributed by atoms with E-state index >= 15 is 0 Å². The summed E-state index contributed by atoms with van der Waals surface area (Å²) in [6, 6.07) is 5.74. The Labute approximate surface area is 96.4 Å². The number of ether oxygens (including phenoxy) is 2. The predicted molar refractivity (Wildman–Crippen MR) is 63.1 cm³/mol. The molecule has 0 aromatic heterocycles. The Hall–Kier alpha value is -1.51. The van der Waals surface area contributed by atoms with Gasteiger partial charge >= 0.3 is 0 Å². The molecule has 1 aromatic rings. The smallest absolute Gasteiger partial charge is 0.160 e. The van der Waals surface area contributed by atoms with Crippen LogP contribution in [0.4, 0.5) is 0 Å². The number of methoxy groups -OCH3 is 2. The van der Waals surface area contributed by atoms with Crippen molar-refractivity contribution in [3.63, 3.8) is 0 Å². The average molecular weight is 222 g/mol. The lowest BCUT2D eigenvalue weighted by atomic mass is 9.98. The van der Waals surface area contributed by atoms with Crippen LogP contribution in [0.5, 0.6) is 11.5 Å². The van der Waals surface area contributed by atoms with Crippen molar-refractivity contribution in [1.82, 2.24) is 0 Å². The van der Waals surface area contributed by atoms with Crippen LogP contribution in [-0.2, 0) is 11.2 Å². The van der Waals surface area contributed by atoms with E-state index in [4.69, 9.17) is 9.47 Å². The molecule has 0 radical (unpaired) electrons. The zero-order chi connectivity index (χ0) is 12.1. The number of rotatable bonds is 5. The largest absolute Gasteiger partial charge is 0.493 e. The molecule has 0 saturated heterocycles. The lowest BCUT2D eigenvalue weighted by Gasteiger charge is -2.11. The first-order valence-corrected chi connectivity index (χ1v) is 5.29. The molecule has 3 nitrogen and oxygen atoms in total. The van der Waals surface area contributed by atoms with Gasteiger partial charge < -0.3 is 9.47 Å². The Morgan fingerprint density at radius 3 is 2.38 bits per heavy atom. The lowest BCUT2D eigenvalue weighted by molar-refractivity contribution is -0.120. The van der Waals surface area contributed by atoms with Gasteiger partial charge in [0.2, 0.25) is 0 Å². The fraction of sp³-hybridized carbons (Fsp3) is 0.462. The summed E-state index contributed by atoms with van der Waals surface area (Å²) in [7, 11) is 3.21. The van der Waals surface area contributed by atoms with E-state index in [1.807, 2.05) is 25.1 Å². The minimum absolute atomic E-state index is 0.0399. The number of Topliss-reactive ketones (excluding diaryl/α,β-unsaturated/α-hetero) is 1. The summed E-state index contributed by atoms with van der Waals surface area (Å²) in [6.45, 7) is 3.55. The van der Waals surface area contributed by atoms with Crippen LogP contribution in [-0.4, -0.2) is 20.0 Å². The summed E-state index contributed by atoms with van der Waals surface area (Å²) < 4.78 is 10.4. The fourth-order valence-electron chi connectivity index (χ4n) is 1.50. The number of carbonyl (C=O) groups excluding carboxylic acids is 1. The second-order valence-corrected chi connectivity index (χ2v) is 3.91. The predicted octanol–water partition coefficient (Wildman–Crippen LogP) is 2.47. The Morgan fingerprint density at radius 2 is 1.88 bits per heavy atom. The van der Waals surface area contributed by atoms with Crippen molar-refractivity contribution in [1.29, 1.82) is 0 Å². The summed E-state index contributed by atoms with van der Waals surface area (Å²) in [4.78, 5) is 11.2. The topological polar surface area (TPSA) is 35.5 Å². The molecule has 0 unspecified atom stereocenters. The van der Waals surface area contributed by atoms with Gasteiger partial charge in [-0.3, -0.25) is 4.79 Å². The maximum absolute atomic E-state index is 11.2. The molecule has 0 aliphatic carbocycles. The minimum Gasteiger partial charge on any atom is -0.493 e. The molecule has 0 fully saturated rings. The summed E-state index contributed by atoms with van der Waals surface area (Å²) >= 11 is 0. The maximum Gasteiger partial charge on any atom is 0.160 e. The van der Waals surface area contributed by atoms with Gasteiger partial charge in [0.1, 0.15) is 5.78 Å². The molecule has 0 amide bonds. The number of hydrogen-bond acceptors (Lipinski definition) is 3. The van der Waals surface area contributed by atoms with Crippen molar-refractivity contribution in [2.24, 2.45) is 5.92 Å². The number of ketones is 1. The Morgan fingerprint density at radius 1 is 1.25 bits per heavy atom. The molecule has 0 aliphatic heterocycles. The zero-order valence-corrected chi connectivity index (χ0v) is 10.2. The standard InChI is InChI=1S/C13H18O3/c1-9(10(2)14)7-11-5-6-12(15-3)13(8-11)16-4/h5-6,8-9H,7H2,1-4H3/t9-/m0/s1. The van der Waals surface area contributed by atoms with E-state index in [0.29, 0.717) is 11.5 Å². The Balaban J connectivity index is 2.86. The maximum atomic E-state index is 11.2. The van der Waals surface area contributed by atoms with Crippen LogP contribution < -0.4 is 9.47 Å². The van der Waals surface area contributed by atoms with Gasteiger partial charge in [0.05, 0.1) is 14.2 Å². The molecule has 0 spiro atoms. The van der Waals surface area contributed by atoms with Gasteiger partial charge in [-0.05, 0) is 31.0 Å². The average Bonchev–Trinajstić information content (AvgIpc) is 2.28. The lowest BCUT2D eigenvalue weighted by Crippen LogP contribution is -2.09. The molecular weight excluding hydrogens is 204 g/mol. The Bertz CT molecular complexity index is 371. The molecule has 0 saturated carbocycles. The second-order valence-electron chi connectivity index (χ2n) is 3.91. The fourth-order valence-corrected chi connectivity index (χ4v) is 1.50. The molecule has 0 N–H and O–H groups in total. The van der Waals surface area contributed by atoms with Crippen LogP contribution >= 0.6 is 0 Å². The quantitative estimate of drug-likeness (QED) is 0.767. The molecular formula is C13H18O3. The third kappa shape index (κ3) is 2.99. The molecule has 3 heteroatoms. The van der Waals surface area contributed by atoms with Crippen LogP contribution in [0.15, 0.2) is 18.2 Å². The zero-order valence-electron chi connectivity index (χ0n) is 10.2. The number of carbonyl (C=O) groups is 1. The third-order valence-electron chi connectivity index (χ3n) is 2.68.